The van der Waals surface area contributed by atoms with Crippen LogP contribution in [-0.2, 0) is 6.18 Å². The zero-order valence-electron chi connectivity index (χ0n) is 12.5. The first kappa shape index (κ1) is 16.5. The first-order valence-corrected chi connectivity index (χ1v) is 7.87. The summed E-state index contributed by atoms with van der Waals surface area (Å²) in [5, 5.41) is 3.80. The summed E-state index contributed by atoms with van der Waals surface area (Å²) in [5.74, 6) is -1.03. The first-order valence-electron chi connectivity index (χ1n) is 7.09. The first-order chi connectivity index (χ1) is 9.67. The summed E-state index contributed by atoms with van der Waals surface area (Å²) in [4.78, 5) is 5.65. The summed E-state index contributed by atoms with van der Waals surface area (Å²) >= 11 is 0.837. The number of piperidine rings is 1. The number of halogens is 3. The fraction of sp³-hybridized carbons (Fsp3) is 0.846. The van der Waals surface area contributed by atoms with E-state index in [1.165, 1.54) is 0 Å². The molecule has 21 heavy (non-hydrogen) atoms. The highest BCUT2D eigenvalue weighted by Gasteiger charge is 2.37. The van der Waals surface area contributed by atoms with Gasteiger partial charge in [0.1, 0.15) is 0 Å². The molecule has 8 heteroatoms. The largest absolute Gasteiger partial charge is 0.452 e. The molecule has 1 aliphatic rings. The number of hydrogen-bond donors (Lipinski definition) is 1. The fourth-order valence-corrected chi connectivity index (χ4v) is 3.12. The zero-order chi connectivity index (χ0) is 15.7. The van der Waals surface area contributed by atoms with Crippen molar-refractivity contribution in [3.63, 3.8) is 0 Å². The third-order valence-electron chi connectivity index (χ3n) is 3.41. The number of aromatic nitrogens is 2. The molecule has 120 valence electrons. The molecule has 0 aliphatic carbocycles. The van der Waals surface area contributed by atoms with Crippen LogP contribution in [0.5, 0.6) is 0 Å². The van der Waals surface area contributed by atoms with E-state index in [1.807, 2.05) is 4.90 Å². The Bertz CT molecular complexity index is 467. The monoisotopic (exact) mass is 322 g/mol. The number of rotatable bonds is 3. The van der Waals surface area contributed by atoms with Crippen molar-refractivity contribution in [1.29, 1.82) is 0 Å². The molecule has 1 saturated heterocycles. The van der Waals surface area contributed by atoms with Crippen LogP contribution in [-0.4, -0.2) is 34.0 Å². The highest BCUT2D eigenvalue weighted by atomic mass is 32.1. The Kier molecular flexibility index (Phi) is 4.77. The quantitative estimate of drug-likeness (QED) is 0.927. The van der Waals surface area contributed by atoms with Crippen molar-refractivity contribution in [2.75, 3.05) is 18.0 Å². The fourth-order valence-electron chi connectivity index (χ4n) is 2.34. The molecule has 0 saturated carbocycles. The van der Waals surface area contributed by atoms with Gasteiger partial charge in [0, 0.05) is 36.2 Å². The van der Waals surface area contributed by atoms with E-state index in [0.29, 0.717) is 5.13 Å². The van der Waals surface area contributed by atoms with Crippen LogP contribution in [0, 0.1) is 0 Å². The van der Waals surface area contributed by atoms with Crippen LogP contribution in [0.2, 0.25) is 0 Å². The molecule has 0 amide bonds. The standard InChI is InChI=1S/C13H21F3N4S/c1-12(2,3)17-8-9-6-4-5-7-20(9)11-18-10(19-21-11)13(14,15)16/h9,17H,4-8H2,1-3H3. The van der Waals surface area contributed by atoms with Gasteiger partial charge in [0.05, 0.1) is 0 Å². The van der Waals surface area contributed by atoms with Crippen LogP contribution in [0.4, 0.5) is 18.3 Å². The summed E-state index contributed by atoms with van der Waals surface area (Å²) in [6.07, 6.45) is -1.43. The van der Waals surface area contributed by atoms with Gasteiger partial charge in [0.15, 0.2) is 0 Å². The molecule has 1 aromatic heterocycles. The summed E-state index contributed by atoms with van der Waals surface area (Å²) < 4.78 is 41.3. The second-order valence-corrected chi connectivity index (χ2v) is 7.10. The SMILES string of the molecule is CC(C)(C)NCC1CCCCN1c1nc(C(F)(F)F)ns1. The van der Waals surface area contributed by atoms with Gasteiger partial charge in [-0.2, -0.15) is 22.5 Å². The van der Waals surface area contributed by atoms with Gasteiger partial charge >= 0.3 is 6.18 Å². The number of anilines is 1. The smallest absolute Gasteiger partial charge is 0.343 e. The van der Waals surface area contributed by atoms with Gasteiger partial charge in [-0.3, -0.25) is 0 Å². The summed E-state index contributed by atoms with van der Waals surface area (Å²) in [5.41, 5.74) is -0.0125. The number of nitrogens with one attached hydrogen (secondary N) is 1. The van der Waals surface area contributed by atoms with E-state index in [9.17, 15) is 13.2 Å². The van der Waals surface area contributed by atoms with Crippen molar-refractivity contribution in [2.24, 2.45) is 0 Å². The highest BCUT2D eigenvalue weighted by Crippen LogP contribution is 2.32. The lowest BCUT2D eigenvalue weighted by Crippen LogP contribution is -2.49. The maximum absolute atomic E-state index is 12.6. The Balaban J connectivity index is 2.09. The average Bonchev–Trinajstić information content (AvgIpc) is 2.85. The molecule has 0 radical (unpaired) electrons. The van der Waals surface area contributed by atoms with Crippen molar-refractivity contribution in [2.45, 2.75) is 57.8 Å². The van der Waals surface area contributed by atoms with Crippen LogP contribution < -0.4 is 10.2 Å². The van der Waals surface area contributed by atoms with E-state index >= 15 is 0 Å². The van der Waals surface area contributed by atoms with Gasteiger partial charge in [-0.15, -0.1) is 0 Å². The molecule has 1 atom stereocenters. The van der Waals surface area contributed by atoms with Crippen LogP contribution in [0.25, 0.3) is 0 Å². The third kappa shape index (κ3) is 4.54. The zero-order valence-corrected chi connectivity index (χ0v) is 13.3. The molecule has 0 spiro atoms. The summed E-state index contributed by atoms with van der Waals surface area (Å²) in [6, 6.07) is 0.173. The van der Waals surface area contributed by atoms with Crippen molar-refractivity contribution in [1.82, 2.24) is 14.7 Å². The maximum atomic E-state index is 12.6. The molecular formula is C13H21F3N4S. The second kappa shape index (κ2) is 6.08. The molecule has 4 nitrogen and oxygen atoms in total. The Morgan fingerprint density at radius 1 is 1.29 bits per heavy atom. The lowest BCUT2D eigenvalue weighted by Gasteiger charge is -2.37. The van der Waals surface area contributed by atoms with Gasteiger partial charge in [-0.05, 0) is 40.0 Å². The average molecular weight is 322 g/mol. The van der Waals surface area contributed by atoms with Crippen LogP contribution in [0.1, 0.15) is 45.9 Å². The van der Waals surface area contributed by atoms with Crippen molar-refractivity contribution in [3.05, 3.63) is 5.82 Å². The Labute approximate surface area is 126 Å². The van der Waals surface area contributed by atoms with E-state index in [2.05, 4.69) is 35.4 Å². The molecule has 2 heterocycles. The van der Waals surface area contributed by atoms with E-state index in [0.717, 1.165) is 43.9 Å². The van der Waals surface area contributed by atoms with Crippen molar-refractivity contribution in [3.8, 4) is 0 Å². The van der Waals surface area contributed by atoms with Crippen molar-refractivity contribution < 1.29 is 13.2 Å². The third-order valence-corrected chi connectivity index (χ3v) is 4.16. The van der Waals surface area contributed by atoms with Crippen LogP contribution in [0.15, 0.2) is 0 Å². The van der Waals surface area contributed by atoms with Crippen molar-refractivity contribution >= 4 is 16.7 Å². The Hall–Kier alpha value is -0.890. The Morgan fingerprint density at radius 2 is 2.00 bits per heavy atom. The van der Waals surface area contributed by atoms with Gasteiger partial charge < -0.3 is 10.2 Å². The van der Waals surface area contributed by atoms with Crippen LogP contribution in [0.3, 0.4) is 0 Å². The van der Waals surface area contributed by atoms with Gasteiger partial charge in [-0.1, -0.05) is 0 Å². The molecule has 1 aromatic rings. The molecule has 1 N–H and O–H groups in total. The lowest BCUT2D eigenvalue weighted by molar-refractivity contribution is -0.144. The minimum absolute atomic E-state index is 0.0125. The number of hydrogen-bond acceptors (Lipinski definition) is 5. The second-order valence-electron chi connectivity index (χ2n) is 6.37. The molecule has 0 aromatic carbocycles. The molecule has 2 rings (SSSR count). The van der Waals surface area contributed by atoms with E-state index in [1.54, 1.807) is 0 Å². The highest BCUT2D eigenvalue weighted by molar-refractivity contribution is 7.09. The topological polar surface area (TPSA) is 41.0 Å². The molecule has 1 fully saturated rings. The van der Waals surface area contributed by atoms with Gasteiger partial charge in [-0.25, -0.2) is 0 Å². The number of alkyl halides is 3. The van der Waals surface area contributed by atoms with E-state index in [-0.39, 0.29) is 11.6 Å². The summed E-state index contributed by atoms with van der Waals surface area (Å²) in [6.45, 7) is 7.71. The predicted molar refractivity (Wildman–Crippen MR) is 77.7 cm³/mol. The molecule has 0 bridgehead atoms. The maximum Gasteiger partial charge on any atom is 0.452 e. The van der Waals surface area contributed by atoms with E-state index < -0.39 is 12.0 Å². The minimum Gasteiger partial charge on any atom is -0.343 e. The normalized spacial score (nSPS) is 20.9. The van der Waals surface area contributed by atoms with E-state index in [4.69, 9.17) is 0 Å². The molecular weight excluding hydrogens is 301 g/mol. The molecule has 1 unspecified atom stereocenters. The molecule has 1 aliphatic heterocycles. The lowest BCUT2D eigenvalue weighted by atomic mass is 10.0. The Morgan fingerprint density at radius 3 is 2.57 bits per heavy atom. The predicted octanol–water partition coefficient (Wildman–Crippen LogP) is 3.30. The van der Waals surface area contributed by atoms with Gasteiger partial charge in [0.25, 0.3) is 0 Å². The summed E-state index contributed by atoms with van der Waals surface area (Å²) in [7, 11) is 0. The number of nitrogens with zero attached hydrogens (tertiary/aromatic N) is 3. The van der Waals surface area contributed by atoms with Crippen LogP contribution >= 0.6 is 11.5 Å². The minimum atomic E-state index is -4.47. The van der Waals surface area contributed by atoms with Gasteiger partial charge in [0.2, 0.25) is 11.0 Å².